The van der Waals surface area contributed by atoms with Gasteiger partial charge in [0.25, 0.3) is 11.6 Å². The third kappa shape index (κ3) is 3.95. The molecule has 2 amide bonds. The monoisotopic (exact) mass is 541 g/mol. The number of ether oxygens (including phenoxy) is 1. The molecule has 3 aromatic rings. The number of nitrogens with zero attached hydrogens (tertiary/aromatic N) is 3. The van der Waals surface area contributed by atoms with Gasteiger partial charge in [0.05, 0.1) is 29.3 Å². The van der Waals surface area contributed by atoms with E-state index in [1.54, 1.807) is 38.1 Å². The number of hydrogen-bond acceptors (Lipinski definition) is 9. The van der Waals surface area contributed by atoms with E-state index in [1.165, 1.54) is 36.4 Å². The van der Waals surface area contributed by atoms with Crippen LogP contribution in [0.25, 0.3) is 0 Å². The van der Waals surface area contributed by atoms with Crippen molar-refractivity contribution < 1.29 is 28.9 Å². The minimum Gasteiger partial charge on any atom is -0.465 e. The highest BCUT2D eigenvalue weighted by Crippen LogP contribution is 2.49. The Morgan fingerprint density at radius 2 is 1.73 bits per heavy atom. The molecule has 0 bridgehead atoms. The highest BCUT2D eigenvalue weighted by Gasteiger charge is 2.61. The van der Waals surface area contributed by atoms with E-state index < -0.39 is 40.8 Å². The molecule has 2 saturated heterocycles. The van der Waals surface area contributed by atoms with Crippen LogP contribution in [0.4, 0.5) is 16.4 Å². The number of imide groups is 1. The van der Waals surface area contributed by atoms with Crippen LogP contribution in [-0.4, -0.2) is 35.9 Å². The molecule has 2 fully saturated rings. The van der Waals surface area contributed by atoms with Gasteiger partial charge in [0.15, 0.2) is 6.10 Å². The van der Waals surface area contributed by atoms with Crippen LogP contribution in [0.1, 0.15) is 32.4 Å². The molecule has 3 atom stereocenters. The zero-order chi connectivity index (χ0) is 26.6. The van der Waals surface area contributed by atoms with Gasteiger partial charge in [-0.1, -0.05) is 23.7 Å². The number of thiophene rings is 1. The van der Waals surface area contributed by atoms with Gasteiger partial charge in [0, 0.05) is 22.0 Å². The molecule has 12 heteroatoms. The van der Waals surface area contributed by atoms with E-state index in [2.05, 4.69) is 0 Å². The number of amides is 2. The van der Waals surface area contributed by atoms with E-state index in [1.807, 2.05) is 0 Å². The smallest absolute Gasteiger partial charge is 0.341 e. The first-order valence-electron chi connectivity index (χ1n) is 11.2. The molecule has 0 spiro atoms. The second-order valence-electron chi connectivity index (χ2n) is 8.61. The summed E-state index contributed by atoms with van der Waals surface area (Å²) in [5.74, 6) is -2.77. The van der Waals surface area contributed by atoms with Gasteiger partial charge in [-0.2, -0.15) is 0 Å². The Labute approximate surface area is 220 Å². The average molecular weight is 542 g/mol. The Morgan fingerprint density at radius 3 is 2.32 bits per heavy atom. The Balaban J connectivity index is 1.60. The zero-order valence-corrected chi connectivity index (χ0v) is 21.4. The summed E-state index contributed by atoms with van der Waals surface area (Å²) in [6.07, 6.45) is -1.17. The first-order valence-corrected chi connectivity index (χ1v) is 12.4. The maximum atomic E-state index is 13.9. The van der Waals surface area contributed by atoms with Crippen molar-refractivity contribution >= 4 is 57.1 Å². The van der Waals surface area contributed by atoms with E-state index in [0.29, 0.717) is 21.8 Å². The summed E-state index contributed by atoms with van der Waals surface area (Å²) >= 11 is 7.19. The molecule has 2 aromatic carbocycles. The molecule has 2 aliphatic heterocycles. The quantitative estimate of drug-likeness (QED) is 0.196. The summed E-state index contributed by atoms with van der Waals surface area (Å²) in [5.41, 5.74) is 1.77. The van der Waals surface area contributed by atoms with Crippen LogP contribution >= 0.6 is 22.9 Å². The van der Waals surface area contributed by atoms with Crippen molar-refractivity contribution in [3.63, 3.8) is 0 Å². The molecule has 1 aromatic heterocycles. The van der Waals surface area contributed by atoms with E-state index in [4.69, 9.17) is 21.2 Å². The zero-order valence-electron chi connectivity index (χ0n) is 19.8. The number of hydrogen-bond donors (Lipinski definition) is 0. The molecule has 3 heterocycles. The molecule has 10 nitrogen and oxygen atoms in total. The lowest BCUT2D eigenvalue weighted by atomic mass is 9.90. The molecule has 5 rings (SSSR count). The van der Waals surface area contributed by atoms with E-state index in [9.17, 15) is 24.5 Å². The van der Waals surface area contributed by atoms with Crippen molar-refractivity contribution in [2.24, 2.45) is 5.92 Å². The van der Waals surface area contributed by atoms with Gasteiger partial charge in [-0.15, -0.1) is 11.3 Å². The number of halogens is 1. The Hall–Kier alpha value is -3.80. The van der Waals surface area contributed by atoms with Crippen LogP contribution in [-0.2, 0) is 19.2 Å². The Kier molecular flexibility index (Phi) is 6.22. The lowest BCUT2D eigenvalue weighted by Crippen LogP contribution is -2.37. The third-order valence-corrected chi connectivity index (χ3v) is 8.05. The van der Waals surface area contributed by atoms with Crippen molar-refractivity contribution in [1.82, 2.24) is 0 Å². The molecule has 2 aliphatic rings. The fourth-order valence-electron chi connectivity index (χ4n) is 4.67. The third-order valence-electron chi connectivity index (χ3n) is 6.60. The van der Waals surface area contributed by atoms with Gasteiger partial charge in [-0.3, -0.25) is 24.5 Å². The number of fused-ring (bicyclic) bond motifs is 1. The molecule has 0 aliphatic carbocycles. The van der Waals surface area contributed by atoms with Crippen LogP contribution in [0.2, 0.25) is 5.02 Å². The number of anilines is 2. The molecule has 0 radical (unpaired) electrons. The highest BCUT2D eigenvalue weighted by atomic mass is 35.5. The highest BCUT2D eigenvalue weighted by molar-refractivity contribution is 7.17. The molecule has 0 N–H and O–H groups in total. The van der Waals surface area contributed by atoms with Crippen molar-refractivity contribution in [1.29, 1.82) is 0 Å². The van der Waals surface area contributed by atoms with Crippen LogP contribution in [0.5, 0.6) is 0 Å². The van der Waals surface area contributed by atoms with Gasteiger partial charge in [-0.25, -0.2) is 14.8 Å². The maximum Gasteiger partial charge on any atom is 0.341 e. The topological polar surface area (TPSA) is 119 Å². The number of esters is 1. The van der Waals surface area contributed by atoms with Gasteiger partial charge < -0.3 is 4.74 Å². The average Bonchev–Trinajstić information content (AvgIpc) is 3.49. The number of benzene rings is 2. The van der Waals surface area contributed by atoms with Gasteiger partial charge >= 0.3 is 5.97 Å². The number of carbonyl (C=O) groups is 3. The number of rotatable bonds is 5. The van der Waals surface area contributed by atoms with Crippen molar-refractivity contribution in [3.8, 4) is 0 Å². The molecule has 0 saturated carbocycles. The standard InChI is InChI=1S/C25H20ClN3O7S/c1-12-13(2)37-24(18(12)25(32)35-3)27-22(30)19-20(14-4-8-17(9-5-14)29(33)34)28(36-21(19)23(27)31)16-10-6-15(26)7-11-16/h4-11,19-21H,1-3H3. The minimum absolute atomic E-state index is 0.111. The van der Waals surface area contributed by atoms with Crippen molar-refractivity contribution in [3.05, 3.63) is 85.2 Å². The summed E-state index contributed by atoms with van der Waals surface area (Å²) in [6, 6.07) is 11.7. The molecule has 3 unspecified atom stereocenters. The van der Waals surface area contributed by atoms with E-state index in [-0.39, 0.29) is 16.3 Å². The Bertz CT molecular complexity index is 1440. The molecular formula is C25H20ClN3O7S. The number of carbonyl (C=O) groups excluding carboxylic acids is 3. The number of methoxy groups -OCH3 is 1. The minimum atomic E-state index is -1.17. The SMILES string of the molecule is COC(=O)c1c(N2C(=O)C3ON(c4ccc(Cl)cc4)C(c4ccc([N+](=O)[O-])cc4)C3C2=O)sc(C)c1C. The van der Waals surface area contributed by atoms with Crippen molar-refractivity contribution in [2.75, 3.05) is 17.1 Å². The second kappa shape index (κ2) is 9.25. The molecule has 190 valence electrons. The van der Waals surface area contributed by atoms with Gasteiger partial charge in [-0.05, 0) is 49.2 Å². The number of nitro benzene ring substituents is 1. The van der Waals surface area contributed by atoms with Crippen LogP contribution in [0.3, 0.4) is 0 Å². The summed E-state index contributed by atoms with van der Waals surface area (Å²) in [4.78, 5) is 58.6. The fourth-order valence-corrected chi connectivity index (χ4v) is 5.95. The van der Waals surface area contributed by atoms with Gasteiger partial charge in [0.1, 0.15) is 10.9 Å². The number of aryl methyl sites for hydroxylation is 1. The predicted molar refractivity (Wildman–Crippen MR) is 136 cm³/mol. The van der Waals surface area contributed by atoms with Crippen LogP contribution in [0.15, 0.2) is 48.5 Å². The summed E-state index contributed by atoms with van der Waals surface area (Å²) in [5, 5.41) is 13.3. The van der Waals surface area contributed by atoms with Crippen LogP contribution < -0.4 is 9.96 Å². The molecule has 37 heavy (non-hydrogen) atoms. The summed E-state index contributed by atoms with van der Waals surface area (Å²) in [6.45, 7) is 3.52. The normalized spacial score (nSPS) is 20.9. The maximum absolute atomic E-state index is 13.9. The second-order valence-corrected chi connectivity index (χ2v) is 10.3. The first-order chi connectivity index (χ1) is 17.6. The van der Waals surface area contributed by atoms with Gasteiger partial charge in [0.2, 0.25) is 5.91 Å². The summed E-state index contributed by atoms with van der Waals surface area (Å²) in [7, 11) is 1.23. The first kappa shape index (κ1) is 24.9. The number of hydroxylamine groups is 1. The Morgan fingerprint density at radius 1 is 1.08 bits per heavy atom. The summed E-state index contributed by atoms with van der Waals surface area (Å²) < 4.78 is 4.91. The number of nitro groups is 1. The largest absolute Gasteiger partial charge is 0.465 e. The number of non-ortho nitro benzene ring substituents is 1. The van der Waals surface area contributed by atoms with Crippen molar-refractivity contribution in [2.45, 2.75) is 26.0 Å². The lowest BCUT2D eigenvalue weighted by molar-refractivity contribution is -0.384. The van der Waals surface area contributed by atoms with E-state index >= 15 is 0 Å². The predicted octanol–water partition coefficient (Wildman–Crippen LogP) is 4.76. The van der Waals surface area contributed by atoms with E-state index in [0.717, 1.165) is 21.1 Å². The fraction of sp³-hybridized carbons (Fsp3) is 0.240. The molecular weight excluding hydrogens is 522 g/mol. The lowest BCUT2D eigenvalue weighted by Gasteiger charge is -2.28. The van der Waals surface area contributed by atoms with Crippen LogP contribution in [0, 0.1) is 29.9 Å².